The van der Waals surface area contributed by atoms with E-state index >= 15 is 0 Å². The van der Waals surface area contributed by atoms with Crippen molar-refractivity contribution in [3.63, 3.8) is 0 Å². The van der Waals surface area contributed by atoms with Gasteiger partial charge in [0, 0.05) is 45.5 Å². The molecule has 9 atom stereocenters. The number of nitrogens with one attached hydrogen (secondary N) is 1. The van der Waals surface area contributed by atoms with Crippen LogP contribution in [-0.4, -0.2) is 50.3 Å². The molecule has 0 radical (unpaired) electrons. The van der Waals surface area contributed by atoms with Gasteiger partial charge in [-0.15, -0.1) is 0 Å². The third-order valence-electron chi connectivity index (χ3n) is 16.1. The number of hydrogen-bond donors (Lipinski definition) is 3. The summed E-state index contributed by atoms with van der Waals surface area (Å²) in [4.78, 5) is 27.8. The molecule has 1 amide bonds. The van der Waals surface area contributed by atoms with Gasteiger partial charge in [-0.25, -0.2) is 0 Å². The normalized spacial score (nSPS) is 36.2. The molecule has 2 fully saturated rings. The largest absolute Gasteiger partial charge is 0.392 e. The standard InChI is InChI=1S/C49H66N2O5/c1-12-13-14-15-23-50-44(55)28(4)17-16-21-47(9)34-19-18-29-24-32-31-25-30-33-26-45(5,6)56-46(7,8)38(33)41(53)36(30)37-40(31)51(39(27(2)3)42(37)54)43(32)49(29,11)48(34,10)22-20-35(47)52/h16-17,21,25-26,29,34-35,38-39,41,52-53H,2,12-15,18-20,22-24H2,1,3-11H3,(H,50,55)/b21-16+,28-17+/t29?,34-,35-,38?,39-,41+,47-,48-,49+/m0/s1. The first-order chi connectivity index (χ1) is 26.2. The predicted molar refractivity (Wildman–Crippen MR) is 225 cm³/mol. The van der Waals surface area contributed by atoms with Crippen molar-refractivity contribution in [2.45, 2.75) is 162 Å². The lowest BCUT2D eigenvalue weighted by Crippen LogP contribution is -2.62. The molecule has 2 saturated carbocycles. The van der Waals surface area contributed by atoms with E-state index < -0.39 is 34.9 Å². The molecule has 0 spiro atoms. The van der Waals surface area contributed by atoms with E-state index in [0.717, 1.165) is 71.7 Å². The number of rotatable bonds is 9. The van der Waals surface area contributed by atoms with Crippen molar-refractivity contribution in [2.24, 2.45) is 28.6 Å². The predicted octanol–water partition coefficient (Wildman–Crippen LogP) is 9.80. The monoisotopic (exact) mass is 762 g/mol. The molecule has 1 aromatic carbocycles. The van der Waals surface area contributed by atoms with Gasteiger partial charge in [0.1, 0.15) is 6.04 Å². The highest BCUT2D eigenvalue weighted by Gasteiger charge is 2.67. The van der Waals surface area contributed by atoms with Gasteiger partial charge in [0.2, 0.25) is 5.91 Å². The first-order valence-electron chi connectivity index (χ1n) is 21.6. The van der Waals surface area contributed by atoms with Gasteiger partial charge in [-0.3, -0.25) is 9.59 Å². The van der Waals surface area contributed by atoms with Crippen molar-refractivity contribution >= 4 is 28.2 Å². The van der Waals surface area contributed by atoms with E-state index in [-0.39, 0.29) is 34.4 Å². The summed E-state index contributed by atoms with van der Waals surface area (Å²) < 4.78 is 8.93. The Bertz CT molecular complexity index is 2130. The number of aliphatic hydroxyl groups is 2. The molecule has 7 heteroatoms. The second-order valence-corrected chi connectivity index (χ2v) is 20.3. The summed E-state index contributed by atoms with van der Waals surface area (Å²) in [5, 5.41) is 28.3. The van der Waals surface area contributed by atoms with E-state index in [0.29, 0.717) is 30.0 Å². The number of allylic oxidation sites excluding steroid dienone is 3. The maximum absolute atomic E-state index is 15.0. The molecule has 2 unspecified atom stereocenters. The number of carbonyl (C=O) groups excluding carboxylic acids is 2. The molecule has 2 aliphatic heterocycles. The Hall–Kier alpha value is -3.26. The van der Waals surface area contributed by atoms with Gasteiger partial charge in [-0.1, -0.05) is 77.3 Å². The van der Waals surface area contributed by atoms with E-state index in [1.165, 1.54) is 24.1 Å². The van der Waals surface area contributed by atoms with Crippen molar-refractivity contribution in [2.75, 3.05) is 6.54 Å². The minimum Gasteiger partial charge on any atom is -0.392 e. The van der Waals surface area contributed by atoms with Gasteiger partial charge < -0.3 is 24.8 Å². The average molecular weight is 763 g/mol. The fourth-order valence-electron chi connectivity index (χ4n) is 13.5. The van der Waals surface area contributed by atoms with E-state index in [1.54, 1.807) is 0 Å². The zero-order valence-electron chi connectivity index (χ0n) is 35.7. The Labute approximate surface area is 334 Å². The lowest BCUT2D eigenvalue weighted by Gasteiger charge is -2.64. The Morgan fingerprint density at radius 2 is 1.79 bits per heavy atom. The molecule has 56 heavy (non-hydrogen) atoms. The second-order valence-electron chi connectivity index (χ2n) is 20.3. The number of ether oxygens (including phenoxy) is 1. The van der Waals surface area contributed by atoms with Crippen molar-refractivity contribution < 1.29 is 24.5 Å². The van der Waals surface area contributed by atoms with Gasteiger partial charge in [0.25, 0.3) is 0 Å². The number of fused-ring (bicyclic) bond motifs is 11. The van der Waals surface area contributed by atoms with E-state index in [1.807, 2.05) is 26.0 Å². The van der Waals surface area contributed by atoms with Crippen molar-refractivity contribution in [3.05, 3.63) is 76.0 Å². The van der Waals surface area contributed by atoms with Crippen LogP contribution < -0.4 is 5.32 Å². The van der Waals surface area contributed by atoms with Crippen LogP contribution in [0.2, 0.25) is 0 Å². The SMILES string of the molecule is C=C(C)[C@H]1C(=O)c2c3c(cc4c5c(n1c24)[C@@]1(C)C(CC[C@H]2[C@](C)(/C=C/C=C(\C)C(=O)NCCCCCC)[C@@H](O)CC[C@@]21C)C5)C1=CC(C)(C)OC(C)(C)C1[C@@H]3O. The average Bonchev–Trinajstić information content (AvgIpc) is 3.78. The van der Waals surface area contributed by atoms with Crippen LogP contribution in [0.15, 0.2) is 48.1 Å². The quantitative estimate of drug-likeness (QED) is 0.102. The van der Waals surface area contributed by atoms with Crippen LogP contribution in [0.5, 0.6) is 0 Å². The van der Waals surface area contributed by atoms with Crippen LogP contribution in [0.25, 0.3) is 16.5 Å². The van der Waals surface area contributed by atoms with Crippen LogP contribution in [0.1, 0.15) is 165 Å². The summed E-state index contributed by atoms with van der Waals surface area (Å²) in [5.74, 6) is 0.306. The number of nitrogens with zero attached hydrogens (tertiary/aromatic N) is 1. The molecule has 6 aliphatic rings. The molecule has 0 saturated heterocycles. The zero-order chi connectivity index (χ0) is 40.5. The van der Waals surface area contributed by atoms with Crippen molar-refractivity contribution in [1.82, 2.24) is 9.88 Å². The molecule has 3 heterocycles. The summed E-state index contributed by atoms with van der Waals surface area (Å²) in [7, 11) is 0. The van der Waals surface area contributed by atoms with Crippen LogP contribution in [0.4, 0.5) is 0 Å². The van der Waals surface area contributed by atoms with Gasteiger partial charge in [-0.2, -0.15) is 0 Å². The minimum atomic E-state index is -0.852. The molecule has 4 aliphatic carbocycles. The highest BCUT2D eigenvalue weighted by molar-refractivity contribution is 6.18. The Kier molecular flexibility index (Phi) is 9.27. The molecule has 3 N–H and O–H groups in total. The third-order valence-corrected chi connectivity index (χ3v) is 16.1. The summed E-state index contributed by atoms with van der Waals surface area (Å²) in [6, 6.07) is 1.79. The van der Waals surface area contributed by atoms with E-state index in [2.05, 4.69) is 90.1 Å². The molecule has 7 nitrogen and oxygen atoms in total. The van der Waals surface area contributed by atoms with Crippen LogP contribution in [0, 0.1) is 28.6 Å². The fourth-order valence-corrected chi connectivity index (χ4v) is 13.5. The van der Waals surface area contributed by atoms with Crippen LogP contribution >= 0.6 is 0 Å². The third kappa shape index (κ3) is 5.31. The number of hydrogen-bond acceptors (Lipinski definition) is 5. The maximum Gasteiger partial charge on any atom is 0.246 e. The highest BCUT2D eigenvalue weighted by Crippen LogP contribution is 2.71. The van der Waals surface area contributed by atoms with Gasteiger partial charge in [-0.05, 0) is 126 Å². The molecule has 8 rings (SSSR count). The number of amides is 1. The lowest BCUT2D eigenvalue weighted by molar-refractivity contribution is -0.144. The number of Topliss-reactive ketones (excluding diaryl/α,β-unsaturated/α-hetero) is 1. The Morgan fingerprint density at radius 1 is 1.05 bits per heavy atom. The van der Waals surface area contributed by atoms with Gasteiger partial charge in [0.15, 0.2) is 5.78 Å². The summed E-state index contributed by atoms with van der Waals surface area (Å²) in [5.41, 5.74) is 6.51. The van der Waals surface area contributed by atoms with Crippen LogP contribution in [0.3, 0.4) is 0 Å². The molecule has 0 bridgehead atoms. The van der Waals surface area contributed by atoms with Crippen LogP contribution in [-0.2, 0) is 21.4 Å². The van der Waals surface area contributed by atoms with Crippen molar-refractivity contribution in [3.8, 4) is 0 Å². The summed E-state index contributed by atoms with van der Waals surface area (Å²) in [6.45, 7) is 26.6. The smallest absolute Gasteiger partial charge is 0.246 e. The van der Waals surface area contributed by atoms with Gasteiger partial charge in [0.05, 0.1) is 34.5 Å². The number of unbranched alkanes of at least 4 members (excludes halogenated alkanes) is 3. The Balaban J connectivity index is 1.23. The molecule has 1 aromatic heterocycles. The number of aromatic nitrogens is 1. The first-order valence-corrected chi connectivity index (χ1v) is 21.6. The van der Waals surface area contributed by atoms with E-state index in [4.69, 9.17) is 4.74 Å². The first kappa shape index (κ1) is 39.6. The van der Waals surface area contributed by atoms with Crippen molar-refractivity contribution in [1.29, 1.82) is 0 Å². The number of aliphatic hydroxyl groups excluding tert-OH is 2. The zero-order valence-corrected chi connectivity index (χ0v) is 35.7. The fraction of sp³-hybridized carbons (Fsp3) is 0.633. The second kappa shape index (κ2) is 13.1. The number of ketones is 1. The molecular weight excluding hydrogens is 697 g/mol. The van der Waals surface area contributed by atoms with Gasteiger partial charge >= 0.3 is 0 Å². The molecular formula is C49H66N2O5. The minimum absolute atomic E-state index is 0.0364. The topological polar surface area (TPSA) is 101 Å². The molecule has 2 aromatic rings. The number of benzene rings is 1. The lowest BCUT2D eigenvalue weighted by atomic mass is 9.40. The summed E-state index contributed by atoms with van der Waals surface area (Å²) >= 11 is 0. The number of carbonyl (C=O) groups is 2. The maximum atomic E-state index is 15.0. The molecule has 302 valence electrons. The summed E-state index contributed by atoms with van der Waals surface area (Å²) in [6.07, 6.45) is 16.0. The Morgan fingerprint density at radius 3 is 2.48 bits per heavy atom. The highest BCUT2D eigenvalue weighted by atomic mass is 16.5. The van der Waals surface area contributed by atoms with E-state index in [9.17, 15) is 19.8 Å².